The van der Waals surface area contributed by atoms with Crippen molar-refractivity contribution < 1.29 is 9.53 Å². The van der Waals surface area contributed by atoms with E-state index in [2.05, 4.69) is 35.8 Å². The fourth-order valence-corrected chi connectivity index (χ4v) is 4.71. The first-order valence-electron chi connectivity index (χ1n) is 12.0. The van der Waals surface area contributed by atoms with Gasteiger partial charge in [-0.15, -0.1) is 0 Å². The number of aromatic nitrogens is 2. The molecule has 5 rings (SSSR count). The molecule has 5 nitrogen and oxygen atoms in total. The van der Waals surface area contributed by atoms with Crippen molar-refractivity contribution in [3.63, 3.8) is 0 Å². The van der Waals surface area contributed by atoms with Gasteiger partial charge in [0.25, 0.3) is 0 Å². The molecule has 0 aliphatic carbocycles. The average molecular weight is 464 g/mol. The number of para-hydroxylation sites is 3. The quantitative estimate of drug-likeness (QED) is 0.280. The number of nitrogens with zero attached hydrogens (tertiary/aromatic N) is 3. The fraction of sp³-hybridized carbons (Fsp3) is 0.200. The van der Waals surface area contributed by atoms with Crippen molar-refractivity contribution in [3.05, 3.63) is 102 Å². The lowest BCUT2D eigenvalue weighted by atomic mass is 9.97. The number of carbonyl (C=O) groups is 1. The van der Waals surface area contributed by atoms with E-state index in [0.29, 0.717) is 6.54 Å². The van der Waals surface area contributed by atoms with Crippen LogP contribution in [0.15, 0.2) is 91.0 Å². The van der Waals surface area contributed by atoms with Crippen LogP contribution in [0.25, 0.3) is 21.8 Å². The Hall–Kier alpha value is -4.12. The molecule has 1 aromatic heterocycles. The van der Waals surface area contributed by atoms with Crippen LogP contribution in [-0.4, -0.2) is 29.1 Å². The van der Waals surface area contributed by atoms with Gasteiger partial charge in [0.2, 0.25) is 5.91 Å². The van der Waals surface area contributed by atoms with Gasteiger partial charge in [-0.3, -0.25) is 4.79 Å². The van der Waals surface area contributed by atoms with Crippen molar-refractivity contribution in [1.82, 2.24) is 9.55 Å². The second-order valence-electron chi connectivity index (χ2n) is 8.71. The topological polar surface area (TPSA) is 47.4 Å². The summed E-state index contributed by atoms with van der Waals surface area (Å²) in [6, 6.07) is 30.4. The van der Waals surface area contributed by atoms with Crippen LogP contribution in [0.5, 0.6) is 5.75 Å². The standard InChI is InChI=1S/C30H29N3O2/c1-4-32(25-10-6-5-7-11-25)29(34)20-33-28-13-9-8-12-27(28)31-30(33)21(2)22-14-15-24-19-26(35-3)17-16-23(24)18-22/h5-19,21H,4,20H2,1-3H3. The number of carbonyl (C=O) groups excluding carboxylic acids is 1. The summed E-state index contributed by atoms with van der Waals surface area (Å²) < 4.78 is 7.44. The monoisotopic (exact) mass is 463 g/mol. The number of methoxy groups -OCH3 is 1. The first-order chi connectivity index (χ1) is 17.1. The van der Waals surface area contributed by atoms with Gasteiger partial charge in [-0.25, -0.2) is 4.98 Å². The van der Waals surface area contributed by atoms with Crippen LogP contribution in [0.4, 0.5) is 5.69 Å². The van der Waals surface area contributed by atoms with Crippen molar-refractivity contribution in [2.45, 2.75) is 26.3 Å². The predicted molar refractivity (Wildman–Crippen MR) is 142 cm³/mol. The van der Waals surface area contributed by atoms with Crippen LogP contribution in [0.3, 0.4) is 0 Å². The molecule has 1 atom stereocenters. The van der Waals surface area contributed by atoms with E-state index in [1.165, 1.54) is 0 Å². The molecule has 0 saturated heterocycles. The second-order valence-corrected chi connectivity index (χ2v) is 8.71. The van der Waals surface area contributed by atoms with E-state index in [9.17, 15) is 4.79 Å². The van der Waals surface area contributed by atoms with Crippen LogP contribution >= 0.6 is 0 Å². The molecule has 0 aliphatic heterocycles. The molecule has 0 fully saturated rings. The van der Waals surface area contributed by atoms with Gasteiger partial charge in [0, 0.05) is 18.2 Å². The van der Waals surface area contributed by atoms with Crippen LogP contribution in [0, 0.1) is 0 Å². The van der Waals surface area contributed by atoms with Gasteiger partial charge in [0.05, 0.1) is 18.1 Å². The van der Waals surface area contributed by atoms with Crippen LogP contribution < -0.4 is 9.64 Å². The molecule has 5 heteroatoms. The minimum atomic E-state index is 0.00787. The Bertz CT molecular complexity index is 1490. The summed E-state index contributed by atoms with van der Waals surface area (Å²) in [6.07, 6.45) is 0. The Balaban J connectivity index is 1.53. The molecular weight excluding hydrogens is 434 g/mol. The number of anilines is 1. The number of rotatable bonds is 7. The van der Waals surface area contributed by atoms with Gasteiger partial charge in [-0.2, -0.15) is 0 Å². The van der Waals surface area contributed by atoms with E-state index >= 15 is 0 Å². The van der Waals surface area contributed by atoms with Crippen molar-refractivity contribution in [2.75, 3.05) is 18.6 Å². The molecule has 1 unspecified atom stereocenters. The maximum atomic E-state index is 13.5. The third-order valence-corrected chi connectivity index (χ3v) is 6.62. The van der Waals surface area contributed by atoms with Gasteiger partial charge in [0.15, 0.2) is 0 Å². The highest BCUT2D eigenvalue weighted by molar-refractivity contribution is 5.94. The summed E-state index contributed by atoms with van der Waals surface area (Å²) in [6.45, 7) is 4.99. The summed E-state index contributed by atoms with van der Waals surface area (Å²) in [5.41, 5.74) is 3.93. The van der Waals surface area contributed by atoms with E-state index in [4.69, 9.17) is 9.72 Å². The predicted octanol–water partition coefficient (Wildman–Crippen LogP) is 6.40. The number of hydrogen-bond acceptors (Lipinski definition) is 3. The first kappa shape index (κ1) is 22.7. The molecule has 0 aliphatic rings. The highest BCUT2D eigenvalue weighted by Gasteiger charge is 2.22. The Kier molecular flexibility index (Phi) is 6.23. The summed E-state index contributed by atoms with van der Waals surface area (Å²) >= 11 is 0. The van der Waals surface area contributed by atoms with Crippen molar-refractivity contribution >= 4 is 33.4 Å². The largest absolute Gasteiger partial charge is 0.497 e. The van der Waals surface area contributed by atoms with Gasteiger partial charge in [-0.05, 0) is 59.7 Å². The maximum Gasteiger partial charge on any atom is 0.246 e. The molecule has 1 heterocycles. The SMILES string of the molecule is CCN(C(=O)Cn1c(C(C)c2ccc3cc(OC)ccc3c2)nc2ccccc21)c1ccccc1. The van der Waals surface area contributed by atoms with Crippen molar-refractivity contribution in [3.8, 4) is 5.75 Å². The smallest absolute Gasteiger partial charge is 0.246 e. The number of benzene rings is 4. The lowest BCUT2D eigenvalue weighted by molar-refractivity contribution is -0.119. The summed E-state index contributed by atoms with van der Waals surface area (Å²) in [5.74, 6) is 1.78. The maximum absolute atomic E-state index is 13.5. The van der Waals surface area contributed by atoms with E-state index in [1.807, 2.05) is 78.6 Å². The van der Waals surface area contributed by atoms with Crippen molar-refractivity contribution in [2.24, 2.45) is 0 Å². The molecule has 1 amide bonds. The Morgan fingerprint density at radius 2 is 1.66 bits per heavy atom. The van der Waals surface area contributed by atoms with E-state index in [1.54, 1.807) is 7.11 Å². The molecule has 4 aromatic carbocycles. The van der Waals surface area contributed by atoms with Gasteiger partial charge in [0.1, 0.15) is 18.1 Å². The second kappa shape index (κ2) is 9.63. The minimum absolute atomic E-state index is 0.00787. The van der Waals surface area contributed by atoms with Crippen molar-refractivity contribution in [1.29, 1.82) is 0 Å². The normalized spacial score (nSPS) is 12.1. The average Bonchev–Trinajstić information content (AvgIpc) is 3.27. The summed E-state index contributed by atoms with van der Waals surface area (Å²) in [7, 11) is 1.68. The number of amides is 1. The van der Waals surface area contributed by atoms with Gasteiger partial charge in [-0.1, -0.05) is 61.5 Å². The molecule has 0 bridgehead atoms. The summed E-state index contributed by atoms with van der Waals surface area (Å²) in [5, 5.41) is 2.28. The highest BCUT2D eigenvalue weighted by Crippen LogP contribution is 2.31. The molecule has 35 heavy (non-hydrogen) atoms. The van der Waals surface area contributed by atoms with Gasteiger partial charge >= 0.3 is 0 Å². The zero-order chi connectivity index (χ0) is 24.4. The van der Waals surface area contributed by atoms with Gasteiger partial charge < -0.3 is 14.2 Å². The molecule has 5 aromatic rings. The third-order valence-electron chi connectivity index (χ3n) is 6.62. The molecule has 0 N–H and O–H groups in total. The lowest BCUT2D eigenvalue weighted by Crippen LogP contribution is -2.34. The molecule has 0 radical (unpaired) electrons. The Morgan fingerprint density at radius 1 is 0.943 bits per heavy atom. The molecule has 176 valence electrons. The Labute approximate surface area is 205 Å². The fourth-order valence-electron chi connectivity index (χ4n) is 4.71. The van der Waals surface area contributed by atoms with E-state index in [0.717, 1.165) is 44.6 Å². The summed E-state index contributed by atoms with van der Waals surface area (Å²) in [4.78, 5) is 20.3. The minimum Gasteiger partial charge on any atom is -0.497 e. The zero-order valence-electron chi connectivity index (χ0n) is 20.3. The van der Waals surface area contributed by atoms with Crippen LogP contribution in [-0.2, 0) is 11.3 Å². The van der Waals surface area contributed by atoms with E-state index in [-0.39, 0.29) is 18.4 Å². The highest BCUT2D eigenvalue weighted by atomic mass is 16.5. The number of ether oxygens (including phenoxy) is 1. The van der Waals surface area contributed by atoms with Crippen LogP contribution in [0.1, 0.15) is 31.2 Å². The lowest BCUT2D eigenvalue weighted by Gasteiger charge is -2.23. The molecule has 0 spiro atoms. The number of imidazole rings is 1. The third kappa shape index (κ3) is 4.37. The Morgan fingerprint density at radius 3 is 2.43 bits per heavy atom. The van der Waals surface area contributed by atoms with E-state index < -0.39 is 0 Å². The number of hydrogen-bond donors (Lipinski definition) is 0. The first-order valence-corrected chi connectivity index (χ1v) is 12.0. The van der Waals surface area contributed by atoms with Crippen LogP contribution in [0.2, 0.25) is 0 Å². The number of fused-ring (bicyclic) bond motifs is 2. The molecule has 0 saturated carbocycles. The number of likely N-dealkylation sites (N-methyl/N-ethyl adjacent to an activating group) is 1. The zero-order valence-corrected chi connectivity index (χ0v) is 20.3. The molecular formula is C30H29N3O2.